The zero-order valence-corrected chi connectivity index (χ0v) is 17.1. The lowest BCUT2D eigenvalue weighted by Crippen LogP contribution is -2.13. The predicted molar refractivity (Wildman–Crippen MR) is 112 cm³/mol. The SMILES string of the molecule is CN(C)c1ccc(NC(=O)CCCc2nc(-c3ccc(Cl)cc3)no2)cc1Cl. The second-order valence-corrected chi connectivity index (χ2v) is 7.32. The second kappa shape index (κ2) is 9.08. The lowest BCUT2D eigenvalue weighted by molar-refractivity contribution is -0.116. The van der Waals surface area contributed by atoms with Crippen molar-refractivity contribution in [2.75, 3.05) is 24.3 Å². The van der Waals surface area contributed by atoms with Crippen LogP contribution in [0.15, 0.2) is 47.0 Å². The van der Waals surface area contributed by atoms with Crippen LogP contribution in [0.1, 0.15) is 18.7 Å². The minimum atomic E-state index is -0.0916. The summed E-state index contributed by atoms with van der Waals surface area (Å²) in [5.74, 6) is 0.911. The van der Waals surface area contributed by atoms with Crippen LogP contribution in [0.3, 0.4) is 0 Å². The van der Waals surface area contributed by atoms with Crippen LogP contribution in [0, 0.1) is 0 Å². The van der Waals surface area contributed by atoms with Gasteiger partial charge in [-0.3, -0.25) is 4.79 Å². The molecule has 0 radical (unpaired) electrons. The van der Waals surface area contributed by atoms with Crippen molar-refractivity contribution in [3.8, 4) is 11.4 Å². The molecular weight excluding hydrogens is 399 g/mol. The van der Waals surface area contributed by atoms with Gasteiger partial charge in [0.15, 0.2) is 0 Å². The third-order valence-electron chi connectivity index (χ3n) is 4.08. The third-order valence-corrected chi connectivity index (χ3v) is 4.63. The Labute approximate surface area is 173 Å². The summed E-state index contributed by atoms with van der Waals surface area (Å²) in [4.78, 5) is 18.4. The molecule has 8 heteroatoms. The average molecular weight is 419 g/mol. The largest absolute Gasteiger partial charge is 0.376 e. The highest BCUT2D eigenvalue weighted by atomic mass is 35.5. The molecule has 1 aromatic heterocycles. The van der Waals surface area contributed by atoms with Crippen LogP contribution in [-0.2, 0) is 11.2 Å². The molecule has 1 amide bonds. The maximum Gasteiger partial charge on any atom is 0.226 e. The summed E-state index contributed by atoms with van der Waals surface area (Å²) in [5.41, 5.74) is 2.39. The van der Waals surface area contributed by atoms with Crippen LogP contribution >= 0.6 is 23.2 Å². The van der Waals surface area contributed by atoms with Gasteiger partial charge in [0.2, 0.25) is 17.6 Å². The van der Waals surface area contributed by atoms with E-state index in [0.717, 1.165) is 11.3 Å². The van der Waals surface area contributed by atoms with Gasteiger partial charge in [0, 0.05) is 43.2 Å². The molecule has 0 spiro atoms. The highest BCUT2D eigenvalue weighted by Crippen LogP contribution is 2.27. The van der Waals surface area contributed by atoms with Gasteiger partial charge in [0.05, 0.1) is 10.7 Å². The standard InChI is InChI=1S/C20H20Cl2N4O2/c1-26(2)17-11-10-15(12-16(17)22)23-18(27)4-3-5-19-24-20(25-28-19)13-6-8-14(21)9-7-13/h6-12H,3-5H2,1-2H3,(H,23,27). The molecule has 146 valence electrons. The molecule has 0 unspecified atom stereocenters. The number of aromatic nitrogens is 2. The quantitative estimate of drug-likeness (QED) is 0.579. The van der Waals surface area contributed by atoms with Crippen LogP contribution in [0.4, 0.5) is 11.4 Å². The molecule has 0 fully saturated rings. The van der Waals surface area contributed by atoms with E-state index in [2.05, 4.69) is 15.5 Å². The highest BCUT2D eigenvalue weighted by Gasteiger charge is 2.11. The number of benzene rings is 2. The van der Waals surface area contributed by atoms with Crippen molar-refractivity contribution < 1.29 is 9.32 Å². The molecule has 6 nitrogen and oxygen atoms in total. The predicted octanol–water partition coefficient (Wildman–Crippen LogP) is 5.07. The fourth-order valence-electron chi connectivity index (χ4n) is 2.64. The number of amides is 1. The number of carbonyl (C=O) groups is 1. The van der Waals surface area contributed by atoms with E-state index in [1.165, 1.54) is 0 Å². The van der Waals surface area contributed by atoms with Crippen molar-refractivity contribution >= 4 is 40.5 Å². The molecule has 0 aliphatic carbocycles. The molecule has 0 saturated carbocycles. The number of rotatable bonds is 7. The van der Waals surface area contributed by atoms with E-state index in [4.69, 9.17) is 27.7 Å². The van der Waals surface area contributed by atoms with Gasteiger partial charge in [-0.05, 0) is 48.9 Å². The summed E-state index contributed by atoms with van der Waals surface area (Å²) in [7, 11) is 3.82. The van der Waals surface area contributed by atoms with Gasteiger partial charge in [-0.2, -0.15) is 4.98 Å². The van der Waals surface area contributed by atoms with Crippen molar-refractivity contribution in [1.82, 2.24) is 10.1 Å². The minimum Gasteiger partial charge on any atom is -0.376 e. The Hall–Kier alpha value is -2.57. The molecule has 0 aliphatic heterocycles. The number of hydrogen-bond donors (Lipinski definition) is 1. The zero-order valence-electron chi connectivity index (χ0n) is 15.6. The number of carbonyl (C=O) groups excluding carboxylic acids is 1. The van der Waals surface area contributed by atoms with E-state index >= 15 is 0 Å². The van der Waals surface area contributed by atoms with E-state index in [0.29, 0.717) is 46.7 Å². The minimum absolute atomic E-state index is 0.0916. The van der Waals surface area contributed by atoms with Gasteiger partial charge in [0.25, 0.3) is 0 Å². The Morgan fingerprint density at radius 1 is 1.14 bits per heavy atom. The molecular formula is C20H20Cl2N4O2. The zero-order chi connectivity index (χ0) is 20.1. The molecule has 1 N–H and O–H groups in total. The van der Waals surface area contributed by atoms with Crippen molar-refractivity contribution in [3.05, 3.63) is 58.4 Å². The maximum atomic E-state index is 12.1. The smallest absolute Gasteiger partial charge is 0.226 e. The molecule has 28 heavy (non-hydrogen) atoms. The van der Waals surface area contributed by atoms with E-state index in [9.17, 15) is 4.79 Å². The Morgan fingerprint density at radius 2 is 1.89 bits per heavy atom. The Balaban J connectivity index is 1.49. The first kappa shape index (κ1) is 20.2. The number of nitrogens with zero attached hydrogens (tertiary/aromatic N) is 3. The highest BCUT2D eigenvalue weighted by molar-refractivity contribution is 6.33. The second-order valence-electron chi connectivity index (χ2n) is 6.48. The summed E-state index contributed by atoms with van der Waals surface area (Å²) in [6.07, 6.45) is 1.46. The van der Waals surface area contributed by atoms with E-state index in [-0.39, 0.29) is 5.91 Å². The van der Waals surface area contributed by atoms with Gasteiger partial charge in [-0.25, -0.2) is 0 Å². The van der Waals surface area contributed by atoms with E-state index in [1.54, 1.807) is 18.2 Å². The van der Waals surface area contributed by atoms with Crippen LogP contribution < -0.4 is 10.2 Å². The number of anilines is 2. The lowest BCUT2D eigenvalue weighted by atomic mass is 10.2. The topological polar surface area (TPSA) is 71.3 Å². The summed E-state index contributed by atoms with van der Waals surface area (Å²) in [5, 5.41) is 8.05. The Morgan fingerprint density at radius 3 is 2.57 bits per heavy atom. The number of nitrogens with one attached hydrogen (secondary N) is 1. The summed E-state index contributed by atoms with van der Waals surface area (Å²) in [6, 6.07) is 12.6. The molecule has 2 aromatic carbocycles. The molecule has 3 aromatic rings. The molecule has 0 bridgehead atoms. The van der Waals surface area contributed by atoms with E-state index in [1.807, 2.05) is 43.3 Å². The first-order valence-corrected chi connectivity index (χ1v) is 9.53. The Kier molecular flexibility index (Phi) is 6.54. The van der Waals surface area contributed by atoms with Gasteiger partial charge in [0.1, 0.15) is 0 Å². The summed E-state index contributed by atoms with van der Waals surface area (Å²) < 4.78 is 5.25. The van der Waals surface area contributed by atoms with Crippen LogP contribution in [0.5, 0.6) is 0 Å². The normalized spacial score (nSPS) is 10.7. The summed E-state index contributed by atoms with van der Waals surface area (Å²) >= 11 is 12.1. The molecule has 1 heterocycles. The van der Waals surface area contributed by atoms with Gasteiger partial charge in [-0.15, -0.1) is 0 Å². The van der Waals surface area contributed by atoms with Gasteiger partial charge < -0.3 is 14.7 Å². The number of halogens is 2. The van der Waals surface area contributed by atoms with Crippen molar-refractivity contribution in [2.45, 2.75) is 19.3 Å². The molecule has 0 aliphatic rings. The van der Waals surface area contributed by atoms with Gasteiger partial charge >= 0.3 is 0 Å². The number of hydrogen-bond acceptors (Lipinski definition) is 5. The fourth-order valence-corrected chi connectivity index (χ4v) is 3.12. The fraction of sp³-hybridized carbons (Fsp3) is 0.250. The number of aryl methyl sites for hydroxylation is 1. The lowest BCUT2D eigenvalue weighted by Gasteiger charge is -2.15. The first-order chi connectivity index (χ1) is 13.4. The Bertz CT molecular complexity index is 955. The van der Waals surface area contributed by atoms with Crippen LogP contribution in [0.25, 0.3) is 11.4 Å². The van der Waals surface area contributed by atoms with E-state index < -0.39 is 0 Å². The monoisotopic (exact) mass is 418 g/mol. The molecule has 3 rings (SSSR count). The third kappa shape index (κ3) is 5.24. The first-order valence-electron chi connectivity index (χ1n) is 8.77. The van der Waals surface area contributed by atoms with Gasteiger partial charge in [-0.1, -0.05) is 28.4 Å². The average Bonchev–Trinajstić information content (AvgIpc) is 3.11. The summed E-state index contributed by atoms with van der Waals surface area (Å²) in [6.45, 7) is 0. The molecule has 0 atom stereocenters. The van der Waals surface area contributed by atoms with Crippen molar-refractivity contribution in [2.24, 2.45) is 0 Å². The molecule has 0 saturated heterocycles. The van der Waals surface area contributed by atoms with Crippen LogP contribution in [-0.4, -0.2) is 30.1 Å². The van der Waals surface area contributed by atoms with Crippen molar-refractivity contribution in [3.63, 3.8) is 0 Å². The van der Waals surface area contributed by atoms with Crippen molar-refractivity contribution in [1.29, 1.82) is 0 Å². The maximum absolute atomic E-state index is 12.1. The van der Waals surface area contributed by atoms with Crippen LogP contribution in [0.2, 0.25) is 10.0 Å².